The minimum absolute atomic E-state index is 0.206. The van der Waals surface area contributed by atoms with Crippen LogP contribution in [0.25, 0.3) is 0 Å². The van der Waals surface area contributed by atoms with Crippen LogP contribution in [0.2, 0.25) is 0 Å². The quantitative estimate of drug-likeness (QED) is 0.447. The van der Waals surface area contributed by atoms with Crippen molar-refractivity contribution < 1.29 is 9.22 Å². The second-order valence-corrected chi connectivity index (χ2v) is 5.62. The molecule has 0 saturated heterocycles. The molecule has 0 aliphatic heterocycles. The number of rotatable bonds is 6. The first-order chi connectivity index (χ1) is 9.53. The van der Waals surface area contributed by atoms with Crippen molar-refractivity contribution in [3.05, 3.63) is 35.9 Å². The average Bonchev–Trinajstić information content (AvgIpc) is 2.46. The van der Waals surface area contributed by atoms with Crippen molar-refractivity contribution in [3.8, 4) is 0 Å². The molecule has 0 bridgehead atoms. The van der Waals surface area contributed by atoms with Gasteiger partial charge in [-0.3, -0.25) is 0 Å². The van der Waals surface area contributed by atoms with Crippen molar-refractivity contribution in [2.75, 3.05) is 26.2 Å². The zero-order valence-electron chi connectivity index (χ0n) is 13.1. The van der Waals surface area contributed by atoms with Gasteiger partial charge in [0.25, 0.3) is 0 Å². The van der Waals surface area contributed by atoms with E-state index in [0.717, 1.165) is 0 Å². The Kier molecular flexibility index (Phi) is 10.6. The Morgan fingerprint density at radius 1 is 1.05 bits per heavy atom. The third-order valence-corrected chi connectivity index (χ3v) is 3.87. The van der Waals surface area contributed by atoms with Crippen LogP contribution in [-0.4, -0.2) is 35.1 Å². The Bertz CT molecular complexity index is 356. The van der Waals surface area contributed by atoms with Crippen LogP contribution in [0.15, 0.2) is 30.3 Å². The van der Waals surface area contributed by atoms with Gasteiger partial charge in [-0.05, 0) is 27.7 Å². The largest absolute Gasteiger partial charge is 0.514 e. The van der Waals surface area contributed by atoms with E-state index in [2.05, 4.69) is 80.7 Å². The smallest absolute Gasteiger partial charge is 0.104 e. The Hall–Kier alpha value is -0.710. The molecular formula is C16H27NOS2. The zero-order chi connectivity index (χ0) is 15.4. The molecular weight excluding hydrogens is 286 g/mol. The Morgan fingerprint density at radius 2 is 1.55 bits per heavy atom. The molecule has 0 aliphatic carbocycles. The molecule has 2 nitrogen and oxygen atoms in total. The Balaban J connectivity index is 0.000000511. The maximum Gasteiger partial charge on any atom is 0.104 e. The molecule has 114 valence electrons. The van der Waals surface area contributed by atoms with Gasteiger partial charge in [0.15, 0.2) is 0 Å². The third-order valence-electron chi connectivity index (χ3n) is 3.64. The molecule has 0 radical (unpaired) electrons. The molecule has 1 aromatic rings. The van der Waals surface area contributed by atoms with Gasteiger partial charge in [-0.25, -0.2) is 0 Å². The fraction of sp³-hybridized carbons (Fsp3) is 0.562. The molecule has 1 aromatic carbocycles. The summed E-state index contributed by atoms with van der Waals surface area (Å²) in [7, 11) is 0. The highest BCUT2D eigenvalue weighted by molar-refractivity contribution is 7.99. The van der Waals surface area contributed by atoms with E-state index in [1.54, 1.807) is 0 Å². The first-order valence-corrected chi connectivity index (χ1v) is 8.08. The van der Waals surface area contributed by atoms with Gasteiger partial charge < -0.3 is 34.1 Å². The summed E-state index contributed by atoms with van der Waals surface area (Å²) in [6, 6.07) is 10.8. The minimum Gasteiger partial charge on any atom is -0.514 e. The van der Waals surface area contributed by atoms with Gasteiger partial charge in [0.1, 0.15) is 6.54 Å². The van der Waals surface area contributed by atoms with Gasteiger partial charge in [-0.2, -0.15) is 0 Å². The van der Waals surface area contributed by atoms with E-state index in [0.29, 0.717) is 6.61 Å². The van der Waals surface area contributed by atoms with Crippen molar-refractivity contribution in [2.24, 2.45) is 0 Å². The highest BCUT2D eigenvalue weighted by Gasteiger charge is 2.20. The monoisotopic (exact) mass is 313 g/mol. The molecule has 0 saturated carbocycles. The number of quaternary nitrogens is 1. The molecule has 0 aromatic heterocycles. The van der Waals surface area contributed by atoms with Gasteiger partial charge in [-0.15, -0.1) is 0 Å². The molecule has 0 spiro atoms. The van der Waals surface area contributed by atoms with E-state index in [1.165, 1.54) is 36.2 Å². The summed E-state index contributed by atoms with van der Waals surface area (Å²) in [5.74, 6) is 0. The highest BCUT2D eigenvalue weighted by Crippen LogP contribution is 2.13. The molecule has 0 amide bonds. The second-order valence-electron chi connectivity index (χ2n) is 4.62. The maximum atomic E-state index is 4.59. The summed E-state index contributed by atoms with van der Waals surface area (Å²) in [5, 5.41) is 0. The Morgan fingerprint density at radius 3 is 1.85 bits per heavy atom. The minimum atomic E-state index is 0.206. The number of nitrogens with zero attached hydrogens (tertiary/aromatic N) is 1. The lowest BCUT2D eigenvalue weighted by Crippen LogP contribution is -2.46. The van der Waals surface area contributed by atoms with Crippen LogP contribution in [0.1, 0.15) is 33.3 Å². The van der Waals surface area contributed by atoms with Crippen LogP contribution in [0.3, 0.4) is 0 Å². The fourth-order valence-corrected chi connectivity index (χ4v) is 2.33. The molecule has 0 unspecified atom stereocenters. The van der Waals surface area contributed by atoms with E-state index in [4.69, 9.17) is 0 Å². The van der Waals surface area contributed by atoms with E-state index < -0.39 is 0 Å². The molecule has 0 fully saturated rings. The van der Waals surface area contributed by atoms with Crippen LogP contribution in [0, 0.1) is 0 Å². The molecule has 4 heteroatoms. The number of benzene rings is 1. The van der Waals surface area contributed by atoms with Crippen LogP contribution in [0.5, 0.6) is 0 Å². The summed E-state index contributed by atoms with van der Waals surface area (Å²) in [5.41, 5.74) is 1.46. The highest BCUT2D eigenvalue weighted by atomic mass is 32.1. The van der Waals surface area contributed by atoms with Crippen molar-refractivity contribution in [3.63, 3.8) is 0 Å². The molecule has 1 rings (SSSR count). The summed E-state index contributed by atoms with van der Waals surface area (Å²) in [6.45, 7) is 14.1. The summed E-state index contributed by atoms with van der Waals surface area (Å²) < 4.78 is 5.99. The number of ether oxygens (including phenoxy) is 1. The molecule has 0 heterocycles. The van der Waals surface area contributed by atoms with Crippen molar-refractivity contribution in [1.82, 2.24) is 0 Å². The lowest BCUT2D eigenvalue weighted by molar-refractivity contribution is -0.936. The number of hydrogen-bond donors (Lipinski definition) is 0. The fourth-order valence-electron chi connectivity index (χ4n) is 2.09. The van der Waals surface area contributed by atoms with E-state index in [9.17, 15) is 0 Å². The number of thiocarbonyl (C=S) groups is 1. The average molecular weight is 314 g/mol. The van der Waals surface area contributed by atoms with Crippen LogP contribution in [0.4, 0.5) is 0 Å². The van der Waals surface area contributed by atoms with Crippen LogP contribution in [-0.2, 0) is 23.9 Å². The van der Waals surface area contributed by atoms with Crippen molar-refractivity contribution >= 4 is 29.2 Å². The predicted molar refractivity (Wildman–Crippen MR) is 93.6 cm³/mol. The SMILES string of the molecule is CCOC(=S)[S-].CC[N+](CC)(CC)Cc1ccccc1. The van der Waals surface area contributed by atoms with Crippen LogP contribution >= 0.6 is 12.2 Å². The van der Waals surface area contributed by atoms with Gasteiger partial charge in [0.05, 0.1) is 26.2 Å². The number of hydrogen-bond acceptors (Lipinski definition) is 3. The first-order valence-electron chi connectivity index (χ1n) is 7.26. The van der Waals surface area contributed by atoms with Gasteiger partial charge in [-0.1, -0.05) is 30.3 Å². The predicted octanol–water partition coefficient (Wildman–Crippen LogP) is 3.92. The lowest BCUT2D eigenvalue weighted by atomic mass is 10.2. The standard InChI is InChI=1S/C13H22N.C3H6OS2/c1-4-14(5-2,6-3)12-13-10-8-7-9-11-13;1-2-4-3(5)6/h7-11H,4-6,12H2,1-3H3;2H2,1H3,(H,5,6)/q+1;/p-1. The Labute approximate surface area is 135 Å². The topological polar surface area (TPSA) is 9.23 Å². The normalized spacial score (nSPS) is 10.4. The van der Waals surface area contributed by atoms with E-state index >= 15 is 0 Å². The third kappa shape index (κ3) is 7.78. The second kappa shape index (κ2) is 11.0. The summed E-state index contributed by atoms with van der Waals surface area (Å²) in [4.78, 5) is 0. The van der Waals surface area contributed by atoms with Crippen molar-refractivity contribution in [1.29, 1.82) is 0 Å². The van der Waals surface area contributed by atoms with Gasteiger partial charge in [0.2, 0.25) is 0 Å². The molecule has 0 atom stereocenters. The lowest BCUT2D eigenvalue weighted by Gasteiger charge is -2.35. The molecule has 20 heavy (non-hydrogen) atoms. The van der Waals surface area contributed by atoms with Crippen LogP contribution < -0.4 is 0 Å². The van der Waals surface area contributed by atoms with E-state index in [1.807, 2.05) is 6.92 Å². The van der Waals surface area contributed by atoms with Gasteiger partial charge >= 0.3 is 0 Å². The molecule has 0 N–H and O–H groups in total. The summed E-state index contributed by atoms with van der Waals surface area (Å²) in [6.07, 6.45) is 0. The zero-order valence-corrected chi connectivity index (χ0v) is 14.7. The van der Waals surface area contributed by atoms with E-state index in [-0.39, 0.29) is 4.38 Å². The maximum absolute atomic E-state index is 4.59. The van der Waals surface area contributed by atoms with Gasteiger partial charge in [0, 0.05) is 9.95 Å². The van der Waals surface area contributed by atoms with Crippen molar-refractivity contribution in [2.45, 2.75) is 34.2 Å². The first kappa shape index (κ1) is 19.3. The molecule has 0 aliphatic rings. The summed E-state index contributed by atoms with van der Waals surface area (Å²) >= 11 is 8.77.